The highest BCUT2D eigenvalue weighted by molar-refractivity contribution is 5.92. The summed E-state index contributed by atoms with van der Waals surface area (Å²) < 4.78 is 60.1. The molecule has 0 unspecified atom stereocenters. The second-order valence-corrected chi connectivity index (χ2v) is 9.17. The average Bonchev–Trinajstić information content (AvgIpc) is 2.81. The van der Waals surface area contributed by atoms with Gasteiger partial charge >= 0.3 is 0 Å². The van der Waals surface area contributed by atoms with Gasteiger partial charge in [-0.15, -0.1) is 0 Å². The molecule has 0 radical (unpaired) electrons. The van der Waals surface area contributed by atoms with Gasteiger partial charge in [0.2, 0.25) is 0 Å². The quantitative estimate of drug-likeness (QED) is 0.459. The van der Waals surface area contributed by atoms with Crippen molar-refractivity contribution < 1.29 is 27.4 Å². The number of morpholine rings is 1. The molecule has 0 spiro atoms. The maximum atomic E-state index is 15.0. The fourth-order valence-corrected chi connectivity index (χ4v) is 4.29. The Morgan fingerprint density at radius 1 is 1.25 bits per heavy atom. The summed E-state index contributed by atoms with van der Waals surface area (Å²) in [6.45, 7) is 6.71. The molecule has 0 amide bonds. The Morgan fingerprint density at radius 3 is 2.72 bits per heavy atom. The van der Waals surface area contributed by atoms with Crippen LogP contribution in [0, 0.1) is 12.7 Å². The third kappa shape index (κ3) is 5.65. The van der Waals surface area contributed by atoms with Gasteiger partial charge < -0.3 is 24.4 Å². The molecule has 0 aliphatic carbocycles. The Morgan fingerprint density at radius 2 is 2.03 bits per heavy atom. The molecule has 0 saturated carbocycles. The molecule has 36 heavy (non-hydrogen) atoms. The summed E-state index contributed by atoms with van der Waals surface area (Å²) >= 11 is 0. The SMILES string of the molecule is COc1cc2nc(C)nc(N[C@H](C)c3cccc(C(C)(F)F)c3F)c2cc1OC[C@H]1CN(C)CCO1. The van der Waals surface area contributed by atoms with Crippen molar-refractivity contribution in [1.29, 1.82) is 0 Å². The van der Waals surface area contributed by atoms with Gasteiger partial charge in [0.25, 0.3) is 5.92 Å². The number of aryl methyl sites for hydroxylation is 1. The number of rotatable bonds is 8. The number of likely N-dealkylation sites (N-methyl/N-ethyl adjacent to an activating group) is 1. The van der Waals surface area contributed by atoms with Crippen LogP contribution in [0.1, 0.15) is 36.8 Å². The van der Waals surface area contributed by atoms with Crippen molar-refractivity contribution in [2.45, 2.75) is 38.8 Å². The third-order valence-electron chi connectivity index (χ3n) is 6.18. The molecule has 1 aliphatic rings. The van der Waals surface area contributed by atoms with Crippen LogP contribution in [-0.4, -0.2) is 61.4 Å². The summed E-state index contributed by atoms with van der Waals surface area (Å²) in [4.78, 5) is 11.2. The summed E-state index contributed by atoms with van der Waals surface area (Å²) in [6, 6.07) is 6.87. The van der Waals surface area contributed by atoms with Crippen LogP contribution in [0.25, 0.3) is 10.9 Å². The predicted octanol–water partition coefficient (Wildman–Crippen LogP) is 5.08. The monoisotopic (exact) mass is 504 g/mol. The lowest BCUT2D eigenvalue weighted by Gasteiger charge is -2.30. The first-order valence-corrected chi connectivity index (χ1v) is 11.8. The second kappa shape index (κ2) is 10.5. The van der Waals surface area contributed by atoms with Gasteiger partial charge in [-0.3, -0.25) is 0 Å². The molecule has 2 heterocycles. The topological polar surface area (TPSA) is 68.7 Å². The maximum Gasteiger partial charge on any atom is 0.273 e. The summed E-state index contributed by atoms with van der Waals surface area (Å²) in [5.41, 5.74) is 0.0692. The average molecular weight is 505 g/mol. The number of hydrogen-bond acceptors (Lipinski definition) is 7. The number of benzene rings is 2. The van der Waals surface area contributed by atoms with Crippen molar-refractivity contribution in [3.8, 4) is 11.5 Å². The van der Waals surface area contributed by atoms with Crippen LogP contribution in [0.5, 0.6) is 11.5 Å². The first kappa shape index (κ1) is 26.0. The molecular weight excluding hydrogens is 473 g/mol. The number of ether oxygens (including phenoxy) is 3. The largest absolute Gasteiger partial charge is 0.493 e. The smallest absolute Gasteiger partial charge is 0.273 e. The van der Waals surface area contributed by atoms with Crippen molar-refractivity contribution in [3.05, 3.63) is 53.1 Å². The lowest BCUT2D eigenvalue weighted by Crippen LogP contribution is -2.42. The van der Waals surface area contributed by atoms with Crippen molar-refractivity contribution in [1.82, 2.24) is 14.9 Å². The number of methoxy groups -OCH3 is 1. The van der Waals surface area contributed by atoms with E-state index in [9.17, 15) is 13.2 Å². The summed E-state index contributed by atoms with van der Waals surface area (Å²) in [7, 11) is 3.58. The summed E-state index contributed by atoms with van der Waals surface area (Å²) in [5.74, 6) is -2.32. The molecule has 0 bridgehead atoms. The molecule has 1 N–H and O–H groups in total. The zero-order valence-corrected chi connectivity index (χ0v) is 21.1. The van der Waals surface area contributed by atoms with Crippen molar-refractivity contribution >= 4 is 16.7 Å². The van der Waals surface area contributed by atoms with Gasteiger partial charge in [0.05, 0.1) is 30.8 Å². The number of aromatic nitrogens is 2. The Balaban J connectivity index is 1.65. The summed E-state index contributed by atoms with van der Waals surface area (Å²) in [6.07, 6.45) is -0.0806. The van der Waals surface area contributed by atoms with E-state index in [0.717, 1.165) is 19.2 Å². The van der Waals surface area contributed by atoms with Crippen LogP contribution in [0.15, 0.2) is 30.3 Å². The normalized spacial score (nSPS) is 17.7. The molecule has 7 nitrogen and oxygen atoms in total. The minimum Gasteiger partial charge on any atom is -0.493 e. The number of anilines is 1. The van der Waals surface area contributed by atoms with E-state index in [2.05, 4.69) is 20.2 Å². The highest BCUT2D eigenvalue weighted by Gasteiger charge is 2.30. The fraction of sp³-hybridized carbons (Fsp3) is 0.462. The van der Waals surface area contributed by atoms with E-state index in [0.29, 0.717) is 54.2 Å². The molecule has 194 valence electrons. The van der Waals surface area contributed by atoms with E-state index in [-0.39, 0.29) is 11.7 Å². The van der Waals surface area contributed by atoms with E-state index in [4.69, 9.17) is 14.2 Å². The van der Waals surface area contributed by atoms with Gasteiger partial charge in [-0.1, -0.05) is 18.2 Å². The van der Waals surface area contributed by atoms with Gasteiger partial charge in [0.1, 0.15) is 30.2 Å². The molecule has 1 aliphatic heterocycles. The number of fused-ring (bicyclic) bond motifs is 1. The first-order chi connectivity index (χ1) is 17.1. The van der Waals surface area contributed by atoms with Gasteiger partial charge in [-0.2, -0.15) is 0 Å². The highest BCUT2D eigenvalue weighted by atomic mass is 19.3. The fourth-order valence-electron chi connectivity index (χ4n) is 4.29. The minimum atomic E-state index is -3.29. The number of nitrogens with one attached hydrogen (secondary N) is 1. The molecule has 1 saturated heterocycles. The number of hydrogen-bond donors (Lipinski definition) is 1. The van der Waals surface area contributed by atoms with Gasteiger partial charge in [0, 0.05) is 37.0 Å². The zero-order chi connectivity index (χ0) is 26.0. The van der Waals surface area contributed by atoms with Crippen molar-refractivity contribution in [2.24, 2.45) is 0 Å². The standard InChI is InChI=1S/C26H31F3N4O3/c1-15(18-7-6-8-20(24(18)27)26(3,28)29)30-25-19-11-23(36-14-17-13-33(4)9-10-35-17)22(34-5)12-21(19)31-16(2)32-25/h6-8,11-12,15,17H,9-10,13-14H2,1-5H3,(H,30,31,32)/t15-,17-/m1/s1. The molecule has 2 aromatic carbocycles. The van der Waals surface area contributed by atoms with Crippen LogP contribution >= 0.6 is 0 Å². The molecule has 1 aromatic heterocycles. The lowest BCUT2D eigenvalue weighted by molar-refractivity contribution is -0.0406. The van der Waals surface area contributed by atoms with Gasteiger partial charge in [-0.25, -0.2) is 23.1 Å². The van der Waals surface area contributed by atoms with E-state index in [1.165, 1.54) is 12.1 Å². The minimum absolute atomic E-state index is 0.0806. The lowest BCUT2D eigenvalue weighted by atomic mass is 10.0. The molecule has 3 aromatic rings. The third-order valence-corrected chi connectivity index (χ3v) is 6.18. The maximum absolute atomic E-state index is 15.0. The van der Waals surface area contributed by atoms with Crippen LogP contribution in [0.2, 0.25) is 0 Å². The van der Waals surface area contributed by atoms with E-state index < -0.39 is 23.3 Å². The Bertz CT molecular complexity index is 1240. The van der Waals surface area contributed by atoms with Crippen LogP contribution in [-0.2, 0) is 10.7 Å². The predicted molar refractivity (Wildman–Crippen MR) is 132 cm³/mol. The Hall–Kier alpha value is -3.11. The Labute approximate surface area is 208 Å². The van der Waals surface area contributed by atoms with E-state index in [1.54, 1.807) is 33.1 Å². The number of nitrogens with zero attached hydrogens (tertiary/aromatic N) is 3. The van der Waals surface area contributed by atoms with E-state index in [1.807, 2.05) is 7.05 Å². The zero-order valence-electron chi connectivity index (χ0n) is 21.1. The van der Waals surface area contributed by atoms with Crippen LogP contribution < -0.4 is 14.8 Å². The first-order valence-electron chi connectivity index (χ1n) is 11.8. The van der Waals surface area contributed by atoms with E-state index >= 15 is 0 Å². The Kier molecular flexibility index (Phi) is 7.56. The second-order valence-electron chi connectivity index (χ2n) is 9.17. The van der Waals surface area contributed by atoms with Crippen LogP contribution in [0.3, 0.4) is 0 Å². The van der Waals surface area contributed by atoms with Crippen molar-refractivity contribution in [2.75, 3.05) is 45.8 Å². The number of alkyl halides is 2. The molecular formula is C26H31F3N4O3. The molecule has 1 fully saturated rings. The van der Waals surface area contributed by atoms with Gasteiger partial charge in [0.15, 0.2) is 11.5 Å². The van der Waals surface area contributed by atoms with Crippen molar-refractivity contribution in [3.63, 3.8) is 0 Å². The molecule has 2 atom stereocenters. The molecule has 10 heteroatoms. The number of halogens is 3. The summed E-state index contributed by atoms with van der Waals surface area (Å²) in [5, 5.41) is 3.80. The van der Waals surface area contributed by atoms with Gasteiger partial charge in [-0.05, 0) is 27.0 Å². The molecule has 4 rings (SSSR count). The highest BCUT2D eigenvalue weighted by Crippen LogP contribution is 2.37. The van der Waals surface area contributed by atoms with Crippen LogP contribution in [0.4, 0.5) is 19.0 Å².